The van der Waals surface area contributed by atoms with Crippen LogP contribution in [-0.4, -0.2) is 9.97 Å². The smallest absolute Gasteiger partial charge is 0.159 e. The third kappa shape index (κ3) is 2.43. The highest BCUT2D eigenvalue weighted by molar-refractivity contribution is 6.35. The quantitative estimate of drug-likeness (QED) is 0.764. The van der Waals surface area contributed by atoms with E-state index in [0.29, 0.717) is 21.4 Å². The van der Waals surface area contributed by atoms with E-state index in [9.17, 15) is 4.39 Å². The summed E-state index contributed by atoms with van der Waals surface area (Å²) in [6, 6.07) is 4.94. The number of rotatable bonds is 1. The van der Waals surface area contributed by atoms with Crippen LogP contribution in [0.5, 0.6) is 0 Å². The third-order valence-electron chi connectivity index (χ3n) is 1.74. The van der Waals surface area contributed by atoms with Crippen molar-refractivity contribution in [1.82, 2.24) is 9.97 Å². The van der Waals surface area contributed by atoms with Crippen molar-refractivity contribution in [3.05, 3.63) is 46.5 Å². The lowest BCUT2D eigenvalue weighted by atomic mass is 10.2. The van der Waals surface area contributed by atoms with Crippen molar-refractivity contribution in [2.45, 2.75) is 0 Å². The molecule has 76 valence electrons. The molecular formula is C10H5Cl2FN2. The summed E-state index contributed by atoms with van der Waals surface area (Å²) >= 11 is 11.6. The average Bonchev–Trinajstić information content (AvgIpc) is 2.17. The number of benzene rings is 1. The highest BCUT2D eigenvalue weighted by Crippen LogP contribution is 2.24. The monoisotopic (exact) mass is 242 g/mol. The molecule has 1 aromatic heterocycles. The molecule has 0 unspecified atom stereocenters. The van der Waals surface area contributed by atoms with E-state index in [4.69, 9.17) is 23.2 Å². The standard InChI is InChI=1S/C10H5Cl2FN2/c11-7-1-6(2-8(12)3-7)10-14-4-9(13)5-15-10/h1-5H. The molecular weight excluding hydrogens is 238 g/mol. The van der Waals surface area contributed by atoms with Gasteiger partial charge in [-0.1, -0.05) is 23.2 Å². The summed E-state index contributed by atoms with van der Waals surface area (Å²) in [5.74, 6) is -0.0901. The van der Waals surface area contributed by atoms with E-state index in [1.165, 1.54) is 0 Å². The molecule has 0 saturated carbocycles. The Balaban J connectivity index is 2.49. The Morgan fingerprint density at radius 2 is 1.47 bits per heavy atom. The van der Waals surface area contributed by atoms with E-state index in [2.05, 4.69) is 9.97 Å². The van der Waals surface area contributed by atoms with E-state index in [1.807, 2.05) is 0 Å². The Morgan fingerprint density at radius 3 is 2.00 bits per heavy atom. The molecule has 1 heterocycles. The maximum absolute atomic E-state index is 12.6. The minimum atomic E-state index is -0.480. The second-order valence-electron chi connectivity index (χ2n) is 2.88. The molecule has 0 saturated heterocycles. The van der Waals surface area contributed by atoms with Crippen molar-refractivity contribution in [1.29, 1.82) is 0 Å². The van der Waals surface area contributed by atoms with Crippen LogP contribution in [0.2, 0.25) is 10.0 Å². The van der Waals surface area contributed by atoms with Gasteiger partial charge >= 0.3 is 0 Å². The molecule has 0 aliphatic carbocycles. The SMILES string of the molecule is Fc1cnc(-c2cc(Cl)cc(Cl)c2)nc1. The van der Waals surface area contributed by atoms with Crippen molar-refractivity contribution in [3.63, 3.8) is 0 Å². The van der Waals surface area contributed by atoms with Gasteiger partial charge in [-0.2, -0.15) is 0 Å². The molecule has 0 aliphatic rings. The summed E-state index contributed by atoms with van der Waals surface area (Å²) in [6.45, 7) is 0. The summed E-state index contributed by atoms with van der Waals surface area (Å²) in [5.41, 5.74) is 0.660. The fourth-order valence-electron chi connectivity index (χ4n) is 1.14. The van der Waals surface area contributed by atoms with E-state index in [-0.39, 0.29) is 0 Å². The number of hydrogen-bond acceptors (Lipinski definition) is 2. The first-order valence-corrected chi connectivity index (χ1v) is 4.85. The maximum atomic E-state index is 12.6. The van der Waals surface area contributed by atoms with Crippen LogP contribution in [0, 0.1) is 5.82 Å². The molecule has 2 aromatic rings. The summed E-state index contributed by atoms with van der Waals surface area (Å²) in [4.78, 5) is 7.65. The van der Waals surface area contributed by atoms with Gasteiger partial charge in [0.15, 0.2) is 11.6 Å². The van der Waals surface area contributed by atoms with E-state index < -0.39 is 5.82 Å². The van der Waals surface area contributed by atoms with Gasteiger partial charge in [-0.25, -0.2) is 14.4 Å². The third-order valence-corrected chi connectivity index (χ3v) is 2.18. The number of aromatic nitrogens is 2. The van der Waals surface area contributed by atoms with Gasteiger partial charge in [-0.3, -0.25) is 0 Å². The van der Waals surface area contributed by atoms with Crippen LogP contribution in [0.4, 0.5) is 4.39 Å². The van der Waals surface area contributed by atoms with Gasteiger partial charge in [0, 0.05) is 15.6 Å². The van der Waals surface area contributed by atoms with Crippen molar-refractivity contribution in [2.24, 2.45) is 0 Å². The minimum absolute atomic E-state index is 0.390. The first-order chi connectivity index (χ1) is 7.15. The second-order valence-corrected chi connectivity index (χ2v) is 3.76. The summed E-state index contributed by atoms with van der Waals surface area (Å²) in [5, 5.41) is 0.982. The van der Waals surface area contributed by atoms with Crippen LogP contribution in [0.1, 0.15) is 0 Å². The molecule has 0 fully saturated rings. The molecule has 0 bridgehead atoms. The summed E-state index contributed by atoms with van der Waals surface area (Å²) in [7, 11) is 0. The molecule has 0 N–H and O–H groups in total. The summed E-state index contributed by atoms with van der Waals surface area (Å²) in [6.07, 6.45) is 2.19. The van der Waals surface area contributed by atoms with Gasteiger partial charge in [0.05, 0.1) is 12.4 Å². The Labute approximate surface area is 95.7 Å². The lowest BCUT2D eigenvalue weighted by Gasteiger charge is -2.01. The van der Waals surface area contributed by atoms with Gasteiger partial charge < -0.3 is 0 Å². The van der Waals surface area contributed by atoms with Gasteiger partial charge in [0.25, 0.3) is 0 Å². The Kier molecular flexibility index (Phi) is 2.84. The lowest BCUT2D eigenvalue weighted by molar-refractivity contribution is 0.614. The van der Waals surface area contributed by atoms with Crippen LogP contribution in [0.15, 0.2) is 30.6 Å². The molecule has 0 radical (unpaired) electrons. The Hall–Kier alpha value is -1.19. The van der Waals surface area contributed by atoms with E-state index in [0.717, 1.165) is 12.4 Å². The van der Waals surface area contributed by atoms with E-state index >= 15 is 0 Å². The fourth-order valence-corrected chi connectivity index (χ4v) is 1.67. The van der Waals surface area contributed by atoms with E-state index in [1.54, 1.807) is 18.2 Å². The van der Waals surface area contributed by atoms with Crippen LogP contribution >= 0.6 is 23.2 Å². The molecule has 2 nitrogen and oxygen atoms in total. The fraction of sp³-hybridized carbons (Fsp3) is 0. The van der Waals surface area contributed by atoms with Crippen molar-refractivity contribution < 1.29 is 4.39 Å². The number of halogens is 3. The molecule has 0 aliphatic heterocycles. The van der Waals surface area contributed by atoms with Crippen molar-refractivity contribution >= 4 is 23.2 Å². The van der Waals surface area contributed by atoms with Gasteiger partial charge in [-0.05, 0) is 18.2 Å². The zero-order valence-corrected chi connectivity index (χ0v) is 8.93. The first kappa shape index (κ1) is 10.3. The molecule has 2 rings (SSSR count). The summed E-state index contributed by atoms with van der Waals surface area (Å²) < 4.78 is 12.6. The topological polar surface area (TPSA) is 25.8 Å². The molecule has 5 heteroatoms. The number of hydrogen-bond donors (Lipinski definition) is 0. The van der Waals surface area contributed by atoms with Gasteiger partial charge in [0.1, 0.15) is 0 Å². The van der Waals surface area contributed by atoms with Gasteiger partial charge in [0.2, 0.25) is 0 Å². The first-order valence-electron chi connectivity index (χ1n) is 4.09. The van der Waals surface area contributed by atoms with Crippen LogP contribution in [0.25, 0.3) is 11.4 Å². The maximum Gasteiger partial charge on any atom is 0.159 e. The predicted molar refractivity (Wildman–Crippen MR) is 57.4 cm³/mol. The predicted octanol–water partition coefficient (Wildman–Crippen LogP) is 3.59. The highest BCUT2D eigenvalue weighted by Gasteiger charge is 2.04. The second kappa shape index (κ2) is 4.13. The molecule has 0 amide bonds. The molecule has 15 heavy (non-hydrogen) atoms. The van der Waals surface area contributed by atoms with Crippen molar-refractivity contribution in [2.75, 3.05) is 0 Å². The van der Waals surface area contributed by atoms with Gasteiger partial charge in [-0.15, -0.1) is 0 Å². The largest absolute Gasteiger partial charge is 0.233 e. The van der Waals surface area contributed by atoms with Crippen LogP contribution in [0.3, 0.4) is 0 Å². The average molecular weight is 243 g/mol. The lowest BCUT2D eigenvalue weighted by Crippen LogP contribution is -1.89. The molecule has 0 atom stereocenters. The van der Waals surface area contributed by atoms with Crippen LogP contribution < -0.4 is 0 Å². The Bertz CT molecular complexity index is 465. The zero-order chi connectivity index (χ0) is 10.8. The minimum Gasteiger partial charge on any atom is -0.233 e. The van der Waals surface area contributed by atoms with Crippen molar-refractivity contribution in [3.8, 4) is 11.4 Å². The normalized spacial score (nSPS) is 10.3. The van der Waals surface area contributed by atoms with Crippen LogP contribution in [-0.2, 0) is 0 Å². The highest BCUT2D eigenvalue weighted by atomic mass is 35.5. The number of nitrogens with zero attached hydrogens (tertiary/aromatic N) is 2. The molecule has 1 aromatic carbocycles. The zero-order valence-electron chi connectivity index (χ0n) is 7.42. The molecule has 0 spiro atoms. The Morgan fingerprint density at radius 1 is 0.933 bits per heavy atom.